The Balaban J connectivity index is 1.71. The van der Waals surface area contributed by atoms with Crippen LogP contribution in [0.2, 0.25) is 0 Å². The molecule has 0 saturated carbocycles. The molecule has 29 heavy (non-hydrogen) atoms. The van der Waals surface area contributed by atoms with E-state index in [2.05, 4.69) is 10.3 Å². The Bertz CT molecular complexity index is 771. The first kappa shape index (κ1) is 21.0. The molecular weight excluding hydrogens is 364 g/mol. The second-order valence-electron chi connectivity index (χ2n) is 7.92. The Kier molecular flexibility index (Phi) is 6.99. The summed E-state index contributed by atoms with van der Waals surface area (Å²) in [4.78, 5) is 31.8. The van der Waals surface area contributed by atoms with Crippen LogP contribution in [0.1, 0.15) is 43.9 Å². The molecule has 2 aromatic rings. The van der Waals surface area contributed by atoms with Crippen molar-refractivity contribution in [2.75, 3.05) is 13.1 Å². The number of rotatable bonds is 7. The molecule has 3 rings (SSSR count). The molecule has 1 aliphatic heterocycles. The van der Waals surface area contributed by atoms with Crippen molar-refractivity contribution in [2.24, 2.45) is 11.7 Å². The SMILES string of the molecule is CC(C)[C@H](N)C(=O)N1CCCC1C(=O)NC[C@@H](c1ccccc1)c1ccccn1. The van der Waals surface area contributed by atoms with E-state index in [9.17, 15) is 9.59 Å². The summed E-state index contributed by atoms with van der Waals surface area (Å²) in [6.07, 6.45) is 3.25. The van der Waals surface area contributed by atoms with Gasteiger partial charge in [-0.2, -0.15) is 0 Å². The lowest BCUT2D eigenvalue weighted by Crippen LogP contribution is -2.53. The largest absolute Gasteiger partial charge is 0.353 e. The van der Waals surface area contributed by atoms with E-state index in [4.69, 9.17) is 5.73 Å². The van der Waals surface area contributed by atoms with Gasteiger partial charge >= 0.3 is 0 Å². The van der Waals surface area contributed by atoms with Crippen molar-refractivity contribution in [3.63, 3.8) is 0 Å². The van der Waals surface area contributed by atoms with Gasteiger partial charge in [0.1, 0.15) is 6.04 Å². The minimum absolute atomic E-state index is 0.0402. The number of nitrogens with zero attached hydrogens (tertiary/aromatic N) is 2. The van der Waals surface area contributed by atoms with Gasteiger partial charge in [0.05, 0.1) is 6.04 Å². The Hall–Kier alpha value is -2.73. The highest BCUT2D eigenvalue weighted by Crippen LogP contribution is 2.23. The molecule has 1 fully saturated rings. The predicted molar refractivity (Wildman–Crippen MR) is 113 cm³/mol. The Labute approximate surface area is 172 Å². The van der Waals surface area contributed by atoms with Gasteiger partial charge in [0.2, 0.25) is 11.8 Å². The van der Waals surface area contributed by atoms with Gasteiger partial charge in [-0.25, -0.2) is 0 Å². The molecule has 3 N–H and O–H groups in total. The number of hydrogen-bond acceptors (Lipinski definition) is 4. The fourth-order valence-electron chi connectivity index (χ4n) is 3.76. The highest BCUT2D eigenvalue weighted by molar-refractivity contribution is 5.90. The van der Waals surface area contributed by atoms with Crippen LogP contribution in [0.5, 0.6) is 0 Å². The summed E-state index contributed by atoms with van der Waals surface area (Å²) in [6.45, 7) is 4.85. The molecule has 2 amide bonds. The van der Waals surface area contributed by atoms with Crippen LogP contribution < -0.4 is 11.1 Å². The van der Waals surface area contributed by atoms with E-state index >= 15 is 0 Å². The fraction of sp³-hybridized carbons (Fsp3) is 0.435. The standard InChI is InChI=1S/C23H30N4O2/c1-16(2)21(24)23(29)27-14-8-12-20(27)22(28)26-15-18(17-9-4-3-5-10-17)19-11-6-7-13-25-19/h3-7,9-11,13,16,18,20-21H,8,12,14-15,24H2,1-2H3,(H,26,28)/t18-,20?,21-/m0/s1. The summed E-state index contributed by atoms with van der Waals surface area (Å²) >= 11 is 0. The van der Waals surface area contributed by atoms with E-state index in [0.29, 0.717) is 19.5 Å². The molecule has 6 heteroatoms. The van der Waals surface area contributed by atoms with Crippen molar-refractivity contribution >= 4 is 11.8 Å². The first-order chi connectivity index (χ1) is 14.0. The number of carbonyl (C=O) groups is 2. The van der Waals surface area contributed by atoms with Crippen LogP contribution in [0.25, 0.3) is 0 Å². The van der Waals surface area contributed by atoms with Gasteiger partial charge in [0.25, 0.3) is 0 Å². The number of pyridine rings is 1. The number of aromatic nitrogens is 1. The van der Waals surface area contributed by atoms with E-state index in [1.807, 2.05) is 62.4 Å². The lowest BCUT2D eigenvalue weighted by atomic mass is 9.95. The Morgan fingerprint density at radius 2 is 1.90 bits per heavy atom. The van der Waals surface area contributed by atoms with Crippen LogP contribution in [-0.2, 0) is 9.59 Å². The van der Waals surface area contributed by atoms with E-state index in [-0.39, 0.29) is 23.7 Å². The van der Waals surface area contributed by atoms with Crippen molar-refractivity contribution in [3.05, 3.63) is 66.0 Å². The minimum atomic E-state index is -0.575. The molecule has 0 radical (unpaired) electrons. The zero-order valence-corrected chi connectivity index (χ0v) is 17.1. The Morgan fingerprint density at radius 1 is 1.17 bits per heavy atom. The Morgan fingerprint density at radius 3 is 2.55 bits per heavy atom. The molecule has 1 aromatic carbocycles. The first-order valence-corrected chi connectivity index (χ1v) is 10.3. The third-order valence-electron chi connectivity index (χ3n) is 5.57. The third-order valence-corrected chi connectivity index (χ3v) is 5.57. The summed E-state index contributed by atoms with van der Waals surface area (Å²) in [5.41, 5.74) is 8.04. The van der Waals surface area contributed by atoms with Crippen LogP contribution in [0.15, 0.2) is 54.7 Å². The molecule has 154 valence electrons. The average Bonchev–Trinajstić information content (AvgIpc) is 3.24. The molecule has 2 heterocycles. The average molecular weight is 395 g/mol. The quantitative estimate of drug-likeness (QED) is 0.754. The first-order valence-electron chi connectivity index (χ1n) is 10.3. The molecule has 0 spiro atoms. The summed E-state index contributed by atoms with van der Waals surface area (Å²) in [5, 5.41) is 3.06. The lowest BCUT2D eigenvalue weighted by Gasteiger charge is -2.28. The van der Waals surface area contributed by atoms with E-state index in [1.54, 1.807) is 11.1 Å². The maximum Gasteiger partial charge on any atom is 0.242 e. The monoisotopic (exact) mass is 394 g/mol. The van der Waals surface area contributed by atoms with Gasteiger partial charge < -0.3 is 16.0 Å². The highest BCUT2D eigenvalue weighted by atomic mass is 16.2. The van der Waals surface area contributed by atoms with E-state index in [1.165, 1.54) is 0 Å². The van der Waals surface area contributed by atoms with Crippen molar-refractivity contribution in [3.8, 4) is 0 Å². The molecule has 1 unspecified atom stereocenters. The molecular formula is C23H30N4O2. The van der Waals surface area contributed by atoms with Crippen LogP contribution in [0.4, 0.5) is 0 Å². The molecule has 1 saturated heterocycles. The van der Waals surface area contributed by atoms with Gasteiger partial charge in [-0.15, -0.1) is 0 Å². The molecule has 1 aliphatic rings. The topological polar surface area (TPSA) is 88.3 Å². The molecule has 1 aromatic heterocycles. The van der Waals surface area contributed by atoms with Gasteiger partial charge in [0.15, 0.2) is 0 Å². The van der Waals surface area contributed by atoms with Crippen molar-refractivity contribution in [2.45, 2.75) is 44.7 Å². The second-order valence-corrected chi connectivity index (χ2v) is 7.92. The number of hydrogen-bond donors (Lipinski definition) is 2. The number of carbonyl (C=O) groups excluding carboxylic acids is 2. The van der Waals surface area contributed by atoms with Crippen LogP contribution in [-0.4, -0.2) is 46.9 Å². The summed E-state index contributed by atoms with van der Waals surface area (Å²) in [5.74, 6) is -0.270. The summed E-state index contributed by atoms with van der Waals surface area (Å²) in [6, 6.07) is 14.8. The highest BCUT2D eigenvalue weighted by Gasteiger charge is 2.37. The van der Waals surface area contributed by atoms with E-state index in [0.717, 1.165) is 17.7 Å². The van der Waals surface area contributed by atoms with Gasteiger partial charge in [-0.05, 0) is 36.5 Å². The van der Waals surface area contributed by atoms with E-state index < -0.39 is 12.1 Å². The molecule has 0 bridgehead atoms. The molecule has 0 aliphatic carbocycles. The smallest absolute Gasteiger partial charge is 0.242 e. The lowest BCUT2D eigenvalue weighted by molar-refractivity contribution is -0.140. The van der Waals surface area contributed by atoms with Crippen LogP contribution in [0, 0.1) is 5.92 Å². The van der Waals surface area contributed by atoms with Gasteiger partial charge in [-0.1, -0.05) is 50.2 Å². The van der Waals surface area contributed by atoms with Crippen molar-refractivity contribution < 1.29 is 9.59 Å². The zero-order valence-electron chi connectivity index (χ0n) is 17.1. The maximum absolute atomic E-state index is 13.0. The van der Waals surface area contributed by atoms with Crippen LogP contribution in [0.3, 0.4) is 0 Å². The molecule has 3 atom stereocenters. The van der Waals surface area contributed by atoms with Crippen molar-refractivity contribution in [1.82, 2.24) is 15.2 Å². The number of amides is 2. The number of nitrogens with two attached hydrogens (primary N) is 1. The normalized spacial score (nSPS) is 18.5. The number of likely N-dealkylation sites (tertiary alicyclic amines) is 1. The number of nitrogens with one attached hydrogen (secondary N) is 1. The second kappa shape index (κ2) is 9.65. The molecule has 6 nitrogen and oxygen atoms in total. The predicted octanol–water partition coefficient (Wildman–Crippen LogP) is 2.30. The zero-order chi connectivity index (χ0) is 20.8. The summed E-state index contributed by atoms with van der Waals surface area (Å²) in [7, 11) is 0. The minimum Gasteiger partial charge on any atom is -0.353 e. The van der Waals surface area contributed by atoms with Crippen LogP contribution >= 0.6 is 0 Å². The summed E-state index contributed by atoms with van der Waals surface area (Å²) < 4.78 is 0. The third kappa shape index (κ3) is 5.01. The van der Waals surface area contributed by atoms with Crippen molar-refractivity contribution in [1.29, 1.82) is 0 Å². The maximum atomic E-state index is 13.0. The van der Waals surface area contributed by atoms with Gasteiger partial charge in [0, 0.05) is 30.9 Å². The number of benzene rings is 1. The van der Waals surface area contributed by atoms with Gasteiger partial charge in [-0.3, -0.25) is 14.6 Å². The fourth-order valence-corrected chi connectivity index (χ4v) is 3.76.